The van der Waals surface area contributed by atoms with E-state index < -0.39 is 0 Å². The van der Waals surface area contributed by atoms with E-state index in [0.717, 1.165) is 32.0 Å². The van der Waals surface area contributed by atoms with Gasteiger partial charge in [0.15, 0.2) is 0 Å². The lowest BCUT2D eigenvalue weighted by Gasteiger charge is -2.21. The number of benzene rings is 1. The molecule has 2 fully saturated rings. The van der Waals surface area contributed by atoms with Gasteiger partial charge in [-0.1, -0.05) is 30.3 Å². The summed E-state index contributed by atoms with van der Waals surface area (Å²) in [4.78, 5) is 28.1. The topological polar surface area (TPSA) is 58.1 Å². The average molecular weight is 437 g/mol. The number of aryl methyl sites for hydroxylation is 1. The van der Waals surface area contributed by atoms with E-state index in [1.165, 1.54) is 12.0 Å². The van der Waals surface area contributed by atoms with Crippen LogP contribution in [0, 0.1) is 9.49 Å². The summed E-state index contributed by atoms with van der Waals surface area (Å²) < 4.78 is 2.16. The molecule has 2 atom stereocenters. The molecule has 2 aliphatic rings. The molecule has 1 aliphatic heterocycles. The molecule has 24 heavy (non-hydrogen) atoms. The van der Waals surface area contributed by atoms with Gasteiger partial charge in [-0.05, 0) is 53.5 Å². The van der Waals surface area contributed by atoms with Crippen LogP contribution in [0.3, 0.4) is 0 Å². The van der Waals surface area contributed by atoms with Gasteiger partial charge in [0.1, 0.15) is 0 Å². The van der Waals surface area contributed by atoms with Crippen molar-refractivity contribution < 1.29 is 0 Å². The molecule has 2 aromatic rings. The maximum absolute atomic E-state index is 11.8. The summed E-state index contributed by atoms with van der Waals surface area (Å²) in [7, 11) is 0. The standard InChI is InChI=1S/C18H20IN3O2/c19-15-11-22(17(24)20-16(15)23)8-4-7-21-10-14-9-18(14,12-21)13-5-2-1-3-6-13/h1-3,5-6,11,14H,4,7-10,12H2,(H,20,23,24)/t14-,18+/m0/s1. The molecule has 0 spiro atoms. The highest BCUT2D eigenvalue weighted by molar-refractivity contribution is 14.1. The summed E-state index contributed by atoms with van der Waals surface area (Å²) in [5, 5.41) is 0. The number of likely N-dealkylation sites (tertiary alicyclic amines) is 1. The number of nitrogens with zero attached hydrogens (tertiary/aromatic N) is 2. The minimum absolute atomic E-state index is 0.304. The predicted molar refractivity (Wildman–Crippen MR) is 101 cm³/mol. The molecule has 1 aromatic carbocycles. The Labute approximate surface area is 153 Å². The van der Waals surface area contributed by atoms with E-state index in [0.29, 0.717) is 15.5 Å². The molecule has 6 heteroatoms. The number of hydrogen-bond acceptors (Lipinski definition) is 3. The molecule has 1 aliphatic carbocycles. The number of hydrogen-bond donors (Lipinski definition) is 1. The van der Waals surface area contributed by atoms with Crippen molar-refractivity contribution in [1.29, 1.82) is 0 Å². The van der Waals surface area contributed by atoms with E-state index in [-0.39, 0.29) is 11.2 Å². The van der Waals surface area contributed by atoms with Crippen molar-refractivity contribution in [3.8, 4) is 0 Å². The van der Waals surface area contributed by atoms with Crippen molar-refractivity contribution >= 4 is 22.6 Å². The largest absolute Gasteiger partial charge is 0.328 e. The highest BCUT2D eigenvalue weighted by Crippen LogP contribution is 2.58. The molecule has 1 saturated carbocycles. The third-order valence-corrected chi connectivity index (χ3v) is 6.17. The van der Waals surface area contributed by atoms with Crippen LogP contribution in [0.5, 0.6) is 0 Å². The molecular formula is C18H20IN3O2. The van der Waals surface area contributed by atoms with Crippen molar-refractivity contribution in [1.82, 2.24) is 14.5 Å². The van der Waals surface area contributed by atoms with Gasteiger partial charge in [-0.25, -0.2) is 4.79 Å². The van der Waals surface area contributed by atoms with Gasteiger partial charge in [-0.15, -0.1) is 0 Å². The number of aromatic amines is 1. The van der Waals surface area contributed by atoms with Gasteiger partial charge < -0.3 is 4.90 Å². The Bertz CT molecular complexity index is 861. The lowest BCUT2D eigenvalue weighted by molar-refractivity contribution is 0.287. The molecule has 1 aromatic heterocycles. The molecular weight excluding hydrogens is 417 g/mol. The Kier molecular flexibility index (Phi) is 4.12. The second-order valence-electron chi connectivity index (χ2n) is 6.94. The molecule has 5 nitrogen and oxygen atoms in total. The number of piperidine rings is 1. The van der Waals surface area contributed by atoms with Crippen molar-refractivity contribution in [2.45, 2.75) is 24.8 Å². The van der Waals surface area contributed by atoms with Crippen LogP contribution in [0.2, 0.25) is 0 Å². The maximum atomic E-state index is 11.8. The van der Waals surface area contributed by atoms with E-state index in [1.807, 2.05) is 22.6 Å². The smallest absolute Gasteiger partial charge is 0.302 e. The summed E-state index contributed by atoms with van der Waals surface area (Å²) in [6, 6.07) is 10.9. The van der Waals surface area contributed by atoms with Crippen LogP contribution in [0.25, 0.3) is 0 Å². The fraction of sp³-hybridized carbons (Fsp3) is 0.444. The van der Waals surface area contributed by atoms with E-state index in [9.17, 15) is 9.59 Å². The lowest BCUT2D eigenvalue weighted by Crippen LogP contribution is -2.33. The lowest BCUT2D eigenvalue weighted by atomic mass is 9.95. The third-order valence-electron chi connectivity index (χ3n) is 5.41. The summed E-state index contributed by atoms with van der Waals surface area (Å²) in [5.41, 5.74) is 1.24. The molecule has 2 heterocycles. The van der Waals surface area contributed by atoms with Crippen molar-refractivity contribution in [2.75, 3.05) is 19.6 Å². The minimum atomic E-state index is -0.314. The fourth-order valence-corrected chi connectivity index (χ4v) is 4.56. The molecule has 4 rings (SSSR count). The number of halogens is 1. The molecule has 1 saturated heterocycles. The Morgan fingerprint density at radius 3 is 2.79 bits per heavy atom. The van der Waals surface area contributed by atoms with Crippen LogP contribution in [0.1, 0.15) is 18.4 Å². The number of nitrogens with one attached hydrogen (secondary N) is 1. The van der Waals surface area contributed by atoms with Crippen LogP contribution >= 0.6 is 22.6 Å². The van der Waals surface area contributed by atoms with E-state index >= 15 is 0 Å². The van der Waals surface area contributed by atoms with Crippen LogP contribution < -0.4 is 11.2 Å². The summed E-state index contributed by atoms with van der Waals surface area (Å²) in [5.74, 6) is 0.789. The second-order valence-corrected chi connectivity index (χ2v) is 8.10. The molecule has 126 valence electrons. The highest BCUT2D eigenvalue weighted by atomic mass is 127. The van der Waals surface area contributed by atoms with Crippen molar-refractivity contribution in [3.05, 3.63) is 66.5 Å². The quantitative estimate of drug-likeness (QED) is 0.727. The van der Waals surface area contributed by atoms with Crippen molar-refractivity contribution in [2.24, 2.45) is 5.92 Å². The van der Waals surface area contributed by atoms with Gasteiger partial charge in [0.25, 0.3) is 5.56 Å². The predicted octanol–water partition coefficient (Wildman–Crippen LogP) is 1.80. The Morgan fingerprint density at radius 1 is 1.21 bits per heavy atom. The van der Waals surface area contributed by atoms with Crippen LogP contribution in [-0.4, -0.2) is 34.1 Å². The normalized spacial score (nSPS) is 25.6. The van der Waals surface area contributed by atoms with Crippen LogP contribution in [-0.2, 0) is 12.0 Å². The number of aromatic nitrogens is 2. The van der Waals surface area contributed by atoms with E-state index in [2.05, 4.69) is 40.2 Å². The average Bonchev–Trinajstić information content (AvgIpc) is 3.15. The third kappa shape index (κ3) is 2.86. The molecule has 1 N–H and O–H groups in total. The number of H-pyrrole nitrogens is 1. The summed E-state index contributed by atoms with van der Waals surface area (Å²) in [6.45, 7) is 3.92. The first kappa shape index (κ1) is 16.1. The second kappa shape index (κ2) is 6.15. The number of rotatable bonds is 5. The summed E-state index contributed by atoms with van der Waals surface area (Å²) >= 11 is 1.96. The Morgan fingerprint density at radius 2 is 2.00 bits per heavy atom. The summed E-state index contributed by atoms with van der Waals surface area (Å²) in [6.07, 6.45) is 3.87. The highest BCUT2D eigenvalue weighted by Gasteiger charge is 2.60. The van der Waals surface area contributed by atoms with E-state index in [1.54, 1.807) is 10.8 Å². The molecule has 0 bridgehead atoms. The van der Waals surface area contributed by atoms with Gasteiger partial charge in [0.05, 0.1) is 3.57 Å². The van der Waals surface area contributed by atoms with Crippen LogP contribution in [0.15, 0.2) is 46.1 Å². The van der Waals surface area contributed by atoms with Gasteiger partial charge in [-0.3, -0.25) is 14.3 Å². The fourth-order valence-electron chi connectivity index (χ4n) is 4.09. The molecule has 0 radical (unpaired) electrons. The Hall–Kier alpha value is -1.41. The van der Waals surface area contributed by atoms with Gasteiger partial charge in [0.2, 0.25) is 0 Å². The zero-order valence-corrected chi connectivity index (χ0v) is 15.5. The zero-order valence-electron chi connectivity index (χ0n) is 13.4. The molecule has 0 amide bonds. The van der Waals surface area contributed by atoms with E-state index in [4.69, 9.17) is 0 Å². The first-order chi connectivity index (χ1) is 11.6. The SMILES string of the molecule is O=c1[nH]c(=O)n(CCCN2C[C@@H]3C[C@]3(c3ccccc3)C2)cc1I. The van der Waals surface area contributed by atoms with Crippen LogP contribution in [0.4, 0.5) is 0 Å². The van der Waals surface area contributed by atoms with Crippen molar-refractivity contribution in [3.63, 3.8) is 0 Å². The van der Waals surface area contributed by atoms with Gasteiger partial charge in [0, 0.05) is 31.2 Å². The first-order valence-electron chi connectivity index (χ1n) is 8.36. The number of fused-ring (bicyclic) bond motifs is 1. The maximum Gasteiger partial charge on any atom is 0.328 e. The first-order valence-corrected chi connectivity index (χ1v) is 9.43. The van der Waals surface area contributed by atoms with Gasteiger partial charge in [-0.2, -0.15) is 0 Å². The zero-order chi connectivity index (χ0) is 16.7. The van der Waals surface area contributed by atoms with Gasteiger partial charge >= 0.3 is 5.69 Å². The molecule has 0 unspecified atom stereocenters. The Balaban J connectivity index is 1.35. The minimum Gasteiger partial charge on any atom is -0.302 e. The monoisotopic (exact) mass is 437 g/mol.